The summed E-state index contributed by atoms with van der Waals surface area (Å²) in [4.78, 5) is 12.6. The molecule has 2 aromatic rings. The molecular weight excluding hydrogens is 304 g/mol. The van der Waals surface area contributed by atoms with E-state index in [4.69, 9.17) is 0 Å². The summed E-state index contributed by atoms with van der Waals surface area (Å²) in [6.07, 6.45) is 1.45. The molecule has 24 heavy (non-hydrogen) atoms. The van der Waals surface area contributed by atoms with Crippen LogP contribution in [0.4, 0.5) is 11.4 Å². The minimum atomic E-state index is -0.441. The first-order valence-electron chi connectivity index (χ1n) is 7.91. The Morgan fingerprint density at radius 3 is 2.58 bits per heavy atom. The zero-order valence-corrected chi connectivity index (χ0v) is 14.1. The Hall–Kier alpha value is -2.94. The molecule has 0 spiro atoms. The standard InChI is InChI=1S/C18H20N4O2/c1-4-10-22-17(23)14(11-19)12(3)16(18(22)24)21-20-15-9-7-6-8-13(15)5-2/h6-9,23H,4-5,10H2,1-3H3. The predicted octanol–water partition coefficient (Wildman–Crippen LogP) is 4.12. The first kappa shape index (κ1) is 17.4. The van der Waals surface area contributed by atoms with Gasteiger partial charge in [-0.15, -0.1) is 5.11 Å². The number of nitriles is 1. The first-order valence-corrected chi connectivity index (χ1v) is 7.91. The molecule has 2 rings (SSSR count). The van der Waals surface area contributed by atoms with Gasteiger partial charge in [-0.25, -0.2) is 0 Å². The number of hydrogen-bond donors (Lipinski definition) is 1. The molecule has 0 aliphatic rings. The molecule has 0 aliphatic heterocycles. The molecule has 124 valence electrons. The summed E-state index contributed by atoms with van der Waals surface area (Å²) in [5.41, 5.74) is 1.75. The molecule has 6 heteroatoms. The van der Waals surface area contributed by atoms with Gasteiger partial charge in [0.25, 0.3) is 5.56 Å². The molecule has 0 radical (unpaired) electrons. The van der Waals surface area contributed by atoms with E-state index < -0.39 is 5.56 Å². The molecule has 6 nitrogen and oxygen atoms in total. The minimum absolute atomic E-state index is 0.0563. The van der Waals surface area contributed by atoms with Gasteiger partial charge in [-0.2, -0.15) is 10.4 Å². The van der Waals surface area contributed by atoms with Crippen molar-refractivity contribution >= 4 is 11.4 Å². The van der Waals surface area contributed by atoms with Crippen LogP contribution in [-0.4, -0.2) is 9.67 Å². The molecular formula is C18H20N4O2. The van der Waals surface area contributed by atoms with Crippen molar-refractivity contribution in [1.82, 2.24) is 4.57 Å². The van der Waals surface area contributed by atoms with Crippen LogP contribution in [0, 0.1) is 18.3 Å². The van der Waals surface area contributed by atoms with Crippen molar-refractivity contribution in [2.45, 2.75) is 40.2 Å². The Labute approximate surface area is 140 Å². The number of aromatic nitrogens is 1. The zero-order valence-electron chi connectivity index (χ0n) is 14.1. The average molecular weight is 324 g/mol. The van der Waals surface area contributed by atoms with Crippen LogP contribution in [0.1, 0.15) is 37.0 Å². The van der Waals surface area contributed by atoms with E-state index in [0.29, 0.717) is 24.2 Å². The van der Waals surface area contributed by atoms with Crippen molar-refractivity contribution in [3.8, 4) is 11.9 Å². The van der Waals surface area contributed by atoms with Crippen molar-refractivity contribution in [3.63, 3.8) is 0 Å². The fraction of sp³-hybridized carbons (Fsp3) is 0.333. The van der Waals surface area contributed by atoms with Gasteiger partial charge in [0.2, 0.25) is 5.88 Å². The monoisotopic (exact) mass is 324 g/mol. The van der Waals surface area contributed by atoms with E-state index in [1.54, 1.807) is 6.92 Å². The lowest BCUT2D eigenvalue weighted by molar-refractivity contribution is 0.402. The lowest BCUT2D eigenvalue weighted by Crippen LogP contribution is -2.21. The maximum absolute atomic E-state index is 12.6. The number of nitrogens with zero attached hydrogens (tertiary/aromatic N) is 4. The second-order valence-corrected chi connectivity index (χ2v) is 5.42. The fourth-order valence-electron chi connectivity index (χ4n) is 2.50. The van der Waals surface area contributed by atoms with Gasteiger partial charge in [0.05, 0.1) is 5.69 Å². The Balaban J connectivity index is 2.62. The van der Waals surface area contributed by atoms with Crippen molar-refractivity contribution in [2.75, 3.05) is 0 Å². The third-order valence-corrected chi connectivity index (χ3v) is 3.85. The summed E-state index contributed by atoms with van der Waals surface area (Å²) < 4.78 is 1.17. The van der Waals surface area contributed by atoms with Crippen LogP contribution in [0.25, 0.3) is 0 Å². The molecule has 1 N–H and O–H groups in total. The smallest absolute Gasteiger partial charge is 0.281 e. The molecule has 0 bridgehead atoms. The number of hydrogen-bond acceptors (Lipinski definition) is 5. The second-order valence-electron chi connectivity index (χ2n) is 5.42. The van der Waals surface area contributed by atoms with E-state index in [2.05, 4.69) is 10.2 Å². The zero-order chi connectivity index (χ0) is 17.7. The van der Waals surface area contributed by atoms with Gasteiger partial charge >= 0.3 is 0 Å². The average Bonchev–Trinajstić information content (AvgIpc) is 2.59. The summed E-state index contributed by atoms with van der Waals surface area (Å²) >= 11 is 0. The summed E-state index contributed by atoms with van der Waals surface area (Å²) in [6.45, 7) is 5.81. The maximum Gasteiger partial charge on any atom is 0.281 e. The Morgan fingerprint density at radius 1 is 1.25 bits per heavy atom. The Kier molecular flexibility index (Phi) is 5.48. The highest BCUT2D eigenvalue weighted by atomic mass is 16.3. The molecule has 0 saturated carbocycles. The lowest BCUT2D eigenvalue weighted by Gasteiger charge is -2.12. The summed E-state index contributed by atoms with van der Waals surface area (Å²) in [6, 6.07) is 9.50. The third-order valence-electron chi connectivity index (χ3n) is 3.85. The molecule has 0 atom stereocenters. The first-order chi connectivity index (χ1) is 11.5. The minimum Gasteiger partial charge on any atom is -0.493 e. The number of aryl methyl sites for hydroxylation is 1. The third kappa shape index (κ3) is 3.20. The molecule has 1 aromatic heterocycles. The van der Waals surface area contributed by atoms with Gasteiger partial charge in [-0.3, -0.25) is 9.36 Å². The molecule has 0 aliphatic carbocycles. The highest BCUT2D eigenvalue weighted by molar-refractivity contribution is 5.57. The van der Waals surface area contributed by atoms with Crippen LogP contribution in [0.3, 0.4) is 0 Å². The number of benzene rings is 1. The highest BCUT2D eigenvalue weighted by Crippen LogP contribution is 2.28. The van der Waals surface area contributed by atoms with Gasteiger partial charge in [-0.1, -0.05) is 32.0 Å². The van der Waals surface area contributed by atoms with Crippen LogP contribution in [0.5, 0.6) is 5.88 Å². The Morgan fingerprint density at radius 2 is 1.96 bits per heavy atom. The normalized spacial score (nSPS) is 10.9. The van der Waals surface area contributed by atoms with E-state index in [1.807, 2.05) is 44.2 Å². The van der Waals surface area contributed by atoms with Gasteiger partial charge in [-0.05, 0) is 31.4 Å². The van der Waals surface area contributed by atoms with Crippen LogP contribution in [0.15, 0.2) is 39.3 Å². The van der Waals surface area contributed by atoms with E-state index in [9.17, 15) is 15.2 Å². The molecule has 0 fully saturated rings. The quantitative estimate of drug-likeness (QED) is 0.839. The van der Waals surface area contributed by atoms with E-state index in [-0.39, 0.29) is 17.1 Å². The number of azo groups is 1. The molecule has 1 heterocycles. The van der Waals surface area contributed by atoms with Crippen LogP contribution >= 0.6 is 0 Å². The molecule has 0 saturated heterocycles. The van der Waals surface area contributed by atoms with Gasteiger partial charge in [0.1, 0.15) is 11.6 Å². The largest absolute Gasteiger partial charge is 0.493 e. The van der Waals surface area contributed by atoms with E-state index >= 15 is 0 Å². The van der Waals surface area contributed by atoms with Crippen molar-refractivity contribution < 1.29 is 5.11 Å². The van der Waals surface area contributed by atoms with Gasteiger partial charge in [0, 0.05) is 12.1 Å². The fourth-order valence-corrected chi connectivity index (χ4v) is 2.50. The van der Waals surface area contributed by atoms with E-state index in [0.717, 1.165) is 12.0 Å². The molecule has 0 amide bonds. The summed E-state index contributed by atoms with van der Waals surface area (Å²) in [5, 5.41) is 27.7. The molecule has 1 aromatic carbocycles. The number of aromatic hydroxyl groups is 1. The number of pyridine rings is 1. The van der Waals surface area contributed by atoms with Gasteiger partial charge < -0.3 is 5.11 Å². The SMILES string of the molecule is CCCn1c(O)c(C#N)c(C)c(N=Nc2ccccc2CC)c1=O. The predicted molar refractivity (Wildman–Crippen MR) is 92.1 cm³/mol. The highest BCUT2D eigenvalue weighted by Gasteiger charge is 2.18. The number of rotatable bonds is 5. The van der Waals surface area contributed by atoms with Crippen molar-refractivity contribution in [1.29, 1.82) is 5.26 Å². The van der Waals surface area contributed by atoms with Crippen molar-refractivity contribution in [3.05, 3.63) is 51.3 Å². The van der Waals surface area contributed by atoms with Crippen LogP contribution in [0.2, 0.25) is 0 Å². The van der Waals surface area contributed by atoms with Crippen LogP contribution in [-0.2, 0) is 13.0 Å². The summed E-state index contributed by atoms with van der Waals surface area (Å²) in [5.74, 6) is -0.310. The summed E-state index contributed by atoms with van der Waals surface area (Å²) in [7, 11) is 0. The Bertz CT molecular complexity index is 876. The van der Waals surface area contributed by atoms with Gasteiger partial charge in [0.15, 0.2) is 5.69 Å². The lowest BCUT2D eigenvalue weighted by atomic mass is 10.1. The molecule has 0 unspecified atom stereocenters. The maximum atomic E-state index is 12.6. The van der Waals surface area contributed by atoms with Crippen LogP contribution < -0.4 is 5.56 Å². The topological polar surface area (TPSA) is 90.7 Å². The second kappa shape index (κ2) is 7.55. The van der Waals surface area contributed by atoms with Crippen molar-refractivity contribution in [2.24, 2.45) is 10.2 Å². The van der Waals surface area contributed by atoms with E-state index in [1.165, 1.54) is 4.57 Å².